The van der Waals surface area contributed by atoms with Crippen molar-refractivity contribution < 1.29 is 18.0 Å². The van der Waals surface area contributed by atoms with Crippen LogP contribution < -0.4 is 9.62 Å². The first-order valence-corrected chi connectivity index (χ1v) is 12.2. The maximum Gasteiger partial charge on any atom is 0.373 e. The molecule has 1 aromatic carbocycles. The highest BCUT2D eigenvalue weighted by molar-refractivity contribution is 7.92. The standard InChI is InChI=1S/C20H28N2O2S2.CO2/c1-3-4-5-6-7-10-14-21-19-16-11-8-9-12-18(16)26(23,24)22(2)17-13-15-25-20(17)19;2-1-3/h8-9,11-13,15,19,21H,3-7,10,14H2,1-2H3;. The van der Waals surface area contributed by atoms with E-state index in [1.165, 1.54) is 36.4 Å². The van der Waals surface area contributed by atoms with Crippen LogP contribution in [0.2, 0.25) is 0 Å². The van der Waals surface area contributed by atoms with Crippen molar-refractivity contribution in [2.75, 3.05) is 17.9 Å². The van der Waals surface area contributed by atoms with Crippen LogP contribution in [-0.2, 0) is 19.6 Å². The molecule has 1 unspecified atom stereocenters. The second-order valence-electron chi connectivity index (χ2n) is 6.92. The third kappa shape index (κ3) is 5.54. The van der Waals surface area contributed by atoms with Crippen LogP contribution in [0.25, 0.3) is 0 Å². The Morgan fingerprint density at radius 1 is 1.07 bits per heavy atom. The lowest BCUT2D eigenvalue weighted by atomic mass is 10.0. The SMILES string of the molecule is CCCCCCCCNC1c2ccccc2S(=O)(=O)N(C)c2ccsc21.O=C=O. The Morgan fingerprint density at radius 2 is 1.72 bits per heavy atom. The molecular weight excluding hydrogens is 408 g/mol. The minimum atomic E-state index is -3.52. The highest BCUT2D eigenvalue weighted by Crippen LogP contribution is 2.42. The van der Waals surface area contributed by atoms with E-state index in [-0.39, 0.29) is 12.2 Å². The fraction of sp³-hybridized carbons (Fsp3) is 0.476. The number of benzene rings is 1. The number of nitrogens with zero attached hydrogens (tertiary/aromatic N) is 1. The zero-order chi connectivity index (χ0) is 21.3. The van der Waals surface area contributed by atoms with Crippen molar-refractivity contribution in [1.82, 2.24) is 5.32 Å². The molecule has 0 saturated carbocycles. The Bertz CT molecular complexity index is 918. The molecular formula is C21H28N2O4S2. The molecule has 0 saturated heterocycles. The number of sulfonamides is 1. The smallest absolute Gasteiger partial charge is 0.305 e. The second kappa shape index (κ2) is 11.3. The molecule has 6 nitrogen and oxygen atoms in total. The molecule has 0 aliphatic carbocycles. The minimum Gasteiger partial charge on any atom is -0.305 e. The lowest BCUT2D eigenvalue weighted by Gasteiger charge is -2.19. The highest BCUT2D eigenvalue weighted by atomic mass is 32.2. The van der Waals surface area contributed by atoms with Crippen LogP contribution in [0, 0.1) is 0 Å². The van der Waals surface area contributed by atoms with Crippen molar-refractivity contribution >= 4 is 33.2 Å². The summed E-state index contributed by atoms with van der Waals surface area (Å²) in [6, 6.07) is 9.21. The van der Waals surface area contributed by atoms with Crippen molar-refractivity contribution in [3.63, 3.8) is 0 Å². The molecule has 1 aromatic heterocycles. The summed E-state index contributed by atoms with van der Waals surface area (Å²) < 4.78 is 27.4. The molecule has 0 radical (unpaired) electrons. The van der Waals surface area contributed by atoms with E-state index in [1.807, 2.05) is 23.6 Å². The van der Waals surface area contributed by atoms with Crippen LogP contribution in [0.3, 0.4) is 0 Å². The van der Waals surface area contributed by atoms with Gasteiger partial charge in [-0.1, -0.05) is 57.2 Å². The normalized spacial score (nSPS) is 16.6. The van der Waals surface area contributed by atoms with E-state index in [0.717, 1.165) is 29.1 Å². The minimum absolute atomic E-state index is 0.0726. The van der Waals surface area contributed by atoms with Gasteiger partial charge in [0, 0.05) is 7.05 Å². The van der Waals surface area contributed by atoms with Gasteiger partial charge in [0.05, 0.1) is 21.5 Å². The summed E-state index contributed by atoms with van der Waals surface area (Å²) in [5, 5.41) is 5.60. The lowest BCUT2D eigenvalue weighted by Crippen LogP contribution is -2.26. The van der Waals surface area contributed by atoms with Gasteiger partial charge in [0.25, 0.3) is 10.0 Å². The molecule has 0 spiro atoms. The number of rotatable bonds is 8. The van der Waals surface area contributed by atoms with Crippen molar-refractivity contribution in [1.29, 1.82) is 0 Å². The highest BCUT2D eigenvalue weighted by Gasteiger charge is 2.35. The van der Waals surface area contributed by atoms with Crippen LogP contribution in [0.15, 0.2) is 40.6 Å². The lowest BCUT2D eigenvalue weighted by molar-refractivity contribution is -0.191. The average molecular weight is 437 g/mol. The van der Waals surface area contributed by atoms with E-state index in [2.05, 4.69) is 12.2 Å². The van der Waals surface area contributed by atoms with E-state index >= 15 is 0 Å². The van der Waals surface area contributed by atoms with Crippen LogP contribution in [0.1, 0.15) is 61.9 Å². The summed E-state index contributed by atoms with van der Waals surface area (Å²) >= 11 is 1.62. The van der Waals surface area contributed by atoms with E-state index in [1.54, 1.807) is 30.5 Å². The molecule has 2 heterocycles. The molecule has 0 fully saturated rings. The van der Waals surface area contributed by atoms with Crippen LogP contribution in [0.5, 0.6) is 0 Å². The van der Waals surface area contributed by atoms with Crippen molar-refractivity contribution in [3.05, 3.63) is 46.2 Å². The summed E-state index contributed by atoms with van der Waals surface area (Å²) in [6.45, 7) is 3.13. The molecule has 0 amide bonds. The van der Waals surface area contributed by atoms with E-state index in [4.69, 9.17) is 9.59 Å². The zero-order valence-electron chi connectivity index (χ0n) is 16.9. The molecule has 1 N–H and O–H groups in total. The van der Waals surface area contributed by atoms with Gasteiger partial charge in [-0.15, -0.1) is 11.3 Å². The largest absolute Gasteiger partial charge is 0.373 e. The molecule has 3 rings (SSSR count). The van der Waals surface area contributed by atoms with Gasteiger partial charge in [0.1, 0.15) is 0 Å². The van der Waals surface area contributed by atoms with Gasteiger partial charge in [-0.2, -0.15) is 9.59 Å². The van der Waals surface area contributed by atoms with E-state index in [0.29, 0.717) is 4.90 Å². The zero-order valence-corrected chi connectivity index (χ0v) is 18.5. The third-order valence-corrected chi connectivity index (χ3v) is 7.84. The Labute approximate surface area is 177 Å². The Kier molecular flexibility index (Phi) is 9.04. The summed E-state index contributed by atoms with van der Waals surface area (Å²) in [5.74, 6) is 0. The number of anilines is 1. The monoisotopic (exact) mass is 436 g/mol. The number of hydrogen-bond acceptors (Lipinski definition) is 6. The number of thiophene rings is 1. The first-order chi connectivity index (χ1) is 14.0. The number of carbonyl (C=O) groups excluding carboxylic acids is 2. The van der Waals surface area contributed by atoms with Gasteiger partial charge in [0.15, 0.2) is 0 Å². The Balaban J connectivity index is 0.000000941. The molecule has 29 heavy (non-hydrogen) atoms. The van der Waals surface area contributed by atoms with Crippen molar-refractivity contribution in [2.24, 2.45) is 0 Å². The Hall–Kier alpha value is -1.99. The topological polar surface area (TPSA) is 83.6 Å². The molecule has 1 aliphatic heterocycles. The number of hydrogen-bond donors (Lipinski definition) is 1. The van der Waals surface area contributed by atoms with Gasteiger partial charge in [-0.05, 0) is 36.0 Å². The van der Waals surface area contributed by atoms with Crippen LogP contribution in [0.4, 0.5) is 5.69 Å². The first kappa shape index (κ1) is 23.3. The predicted octanol–water partition coefficient (Wildman–Crippen LogP) is 4.34. The van der Waals surface area contributed by atoms with Crippen molar-refractivity contribution in [3.8, 4) is 0 Å². The number of nitrogens with one attached hydrogen (secondary N) is 1. The summed E-state index contributed by atoms with van der Waals surface area (Å²) in [5.41, 5.74) is 1.64. The third-order valence-electron chi connectivity index (χ3n) is 5.02. The molecule has 0 bridgehead atoms. The van der Waals surface area contributed by atoms with Gasteiger partial charge in [-0.25, -0.2) is 8.42 Å². The van der Waals surface area contributed by atoms with E-state index in [9.17, 15) is 8.42 Å². The Morgan fingerprint density at radius 3 is 2.45 bits per heavy atom. The molecule has 8 heteroatoms. The molecule has 158 valence electrons. The maximum absolute atomic E-state index is 13.0. The quantitative estimate of drug-likeness (QED) is 0.622. The maximum atomic E-state index is 13.0. The van der Waals surface area contributed by atoms with E-state index < -0.39 is 10.0 Å². The molecule has 1 aliphatic rings. The molecule has 2 aromatic rings. The second-order valence-corrected chi connectivity index (χ2v) is 9.80. The average Bonchev–Trinajstić information content (AvgIpc) is 3.17. The van der Waals surface area contributed by atoms with Gasteiger partial charge in [0.2, 0.25) is 0 Å². The summed E-state index contributed by atoms with van der Waals surface area (Å²) in [4.78, 5) is 17.7. The number of unbranched alkanes of at least 4 members (excludes halogenated alkanes) is 5. The fourth-order valence-corrected chi connectivity index (χ4v) is 6.04. The molecule has 1 atom stereocenters. The van der Waals surface area contributed by atoms with Crippen molar-refractivity contribution in [2.45, 2.75) is 56.4 Å². The van der Waals surface area contributed by atoms with Gasteiger partial charge in [-0.3, -0.25) is 4.31 Å². The first-order valence-electron chi connectivity index (χ1n) is 9.86. The summed E-state index contributed by atoms with van der Waals surface area (Å²) in [7, 11) is -1.87. The predicted molar refractivity (Wildman–Crippen MR) is 115 cm³/mol. The van der Waals surface area contributed by atoms with Gasteiger partial charge < -0.3 is 5.32 Å². The van der Waals surface area contributed by atoms with Gasteiger partial charge >= 0.3 is 6.15 Å². The summed E-state index contributed by atoms with van der Waals surface area (Å²) in [6.07, 6.45) is 7.74. The van der Waals surface area contributed by atoms with Crippen LogP contribution >= 0.6 is 11.3 Å². The fourth-order valence-electron chi connectivity index (χ4n) is 3.52. The number of fused-ring (bicyclic) bond motifs is 2. The van der Waals surface area contributed by atoms with Crippen LogP contribution in [-0.4, -0.2) is 28.2 Å².